The van der Waals surface area contributed by atoms with Crippen LogP contribution in [-0.4, -0.2) is 29.5 Å². The van der Waals surface area contributed by atoms with Gasteiger partial charge in [0.15, 0.2) is 5.11 Å². The summed E-state index contributed by atoms with van der Waals surface area (Å²) in [4.78, 5) is 35.7. The largest absolute Gasteiger partial charge is 0.465 e. The summed E-state index contributed by atoms with van der Waals surface area (Å²) < 4.78 is 5.16. The minimum atomic E-state index is -0.450. The maximum Gasteiger partial charge on any atom is 0.306 e. The SMILES string of the molecule is CCCC(=O)Nc1ccc(Cl)c(NC(=S)NC(=O)CCC(=O)OCCc2ccccc2)c1. The third kappa shape index (κ3) is 9.45. The van der Waals surface area contributed by atoms with Gasteiger partial charge in [0.2, 0.25) is 11.8 Å². The molecule has 2 amide bonds. The third-order valence-corrected chi connectivity index (χ3v) is 4.81. The van der Waals surface area contributed by atoms with E-state index in [4.69, 9.17) is 28.6 Å². The highest BCUT2D eigenvalue weighted by Gasteiger charge is 2.11. The molecule has 3 N–H and O–H groups in total. The highest BCUT2D eigenvalue weighted by molar-refractivity contribution is 7.80. The Morgan fingerprint density at radius 2 is 1.72 bits per heavy atom. The number of thiocarbonyl (C=S) groups is 1. The van der Waals surface area contributed by atoms with Gasteiger partial charge in [-0.1, -0.05) is 48.9 Å². The Balaban J connectivity index is 1.73. The van der Waals surface area contributed by atoms with E-state index in [1.54, 1.807) is 18.2 Å². The molecule has 7 nitrogen and oxygen atoms in total. The summed E-state index contributed by atoms with van der Waals surface area (Å²) in [6, 6.07) is 14.6. The first-order valence-electron chi connectivity index (χ1n) is 10.3. The lowest BCUT2D eigenvalue weighted by Crippen LogP contribution is -2.34. The molecular formula is C23H26ClN3O4S. The van der Waals surface area contributed by atoms with E-state index in [0.29, 0.717) is 29.2 Å². The van der Waals surface area contributed by atoms with Gasteiger partial charge in [-0.25, -0.2) is 0 Å². The van der Waals surface area contributed by atoms with Crippen molar-refractivity contribution in [3.8, 4) is 0 Å². The van der Waals surface area contributed by atoms with E-state index in [9.17, 15) is 14.4 Å². The molecule has 2 aromatic carbocycles. The van der Waals surface area contributed by atoms with E-state index in [2.05, 4.69) is 16.0 Å². The molecular weight excluding hydrogens is 450 g/mol. The molecule has 0 fully saturated rings. The van der Waals surface area contributed by atoms with Crippen LogP contribution in [0.15, 0.2) is 48.5 Å². The number of amides is 2. The Morgan fingerprint density at radius 3 is 2.44 bits per heavy atom. The summed E-state index contributed by atoms with van der Waals surface area (Å²) in [5, 5.41) is 8.50. The lowest BCUT2D eigenvalue weighted by atomic mass is 10.2. The maximum absolute atomic E-state index is 12.1. The number of esters is 1. The number of nitrogens with one attached hydrogen (secondary N) is 3. The van der Waals surface area contributed by atoms with Gasteiger partial charge in [-0.05, 0) is 42.4 Å². The number of carbonyl (C=O) groups excluding carboxylic acids is 3. The van der Waals surface area contributed by atoms with Crippen LogP contribution in [0.25, 0.3) is 0 Å². The van der Waals surface area contributed by atoms with Crippen LogP contribution in [0, 0.1) is 0 Å². The minimum absolute atomic E-state index is 0.0337. The molecule has 0 spiro atoms. The second kappa shape index (κ2) is 13.4. The molecule has 0 bridgehead atoms. The average molecular weight is 476 g/mol. The number of carbonyl (C=O) groups is 3. The summed E-state index contributed by atoms with van der Waals surface area (Å²) in [7, 11) is 0. The van der Waals surface area contributed by atoms with Crippen molar-refractivity contribution in [1.82, 2.24) is 5.32 Å². The Kier molecular flexibility index (Phi) is 10.6. The zero-order chi connectivity index (χ0) is 23.3. The van der Waals surface area contributed by atoms with Gasteiger partial charge in [0.1, 0.15) is 0 Å². The first-order valence-corrected chi connectivity index (χ1v) is 11.1. The van der Waals surface area contributed by atoms with Crippen LogP contribution < -0.4 is 16.0 Å². The lowest BCUT2D eigenvalue weighted by molar-refractivity contribution is -0.144. The van der Waals surface area contributed by atoms with Crippen molar-refractivity contribution in [2.75, 3.05) is 17.2 Å². The molecule has 0 heterocycles. The fourth-order valence-corrected chi connectivity index (χ4v) is 3.10. The van der Waals surface area contributed by atoms with Gasteiger partial charge in [0.25, 0.3) is 0 Å². The molecule has 0 atom stereocenters. The summed E-state index contributed by atoms with van der Waals surface area (Å²) in [6.07, 6.45) is 1.65. The zero-order valence-corrected chi connectivity index (χ0v) is 19.4. The van der Waals surface area contributed by atoms with Crippen molar-refractivity contribution >= 4 is 58.1 Å². The number of ether oxygens (including phenoxy) is 1. The van der Waals surface area contributed by atoms with Crippen LogP contribution in [0.2, 0.25) is 5.02 Å². The van der Waals surface area contributed by atoms with Crippen LogP contribution in [0.1, 0.15) is 38.2 Å². The van der Waals surface area contributed by atoms with Gasteiger partial charge in [-0.2, -0.15) is 0 Å². The normalized spacial score (nSPS) is 10.2. The number of benzene rings is 2. The molecule has 0 saturated carbocycles. The monoisotopic (exact) mass is 475 g/mol. The Hall–Kier alpha value is -2.97. The molecule has 0 aromatic heterocycles. The summed E-state index contributed by atoms with van der Waals surface area (Å²) in [5.74, 6) is -0.980. The minimum Gasteiger partial charge on any atom is -0.465 e. The quantitative estimate of drug-likeness (QED) is 0.347. The molecule has 0 saturated heterocycles. The molecule has 2 rings (SSSR count). The zero-order valence-electron chi connectivity index (χ0n) is 17.8. The van der Waals surface area contributed by atoms with Gasteiger partial charge >= 0.3 is 5.97 Å². The summed E-state index contributed by atoms with van der Waals surface area (Å²) >= 11 is 11.3. The van der Waals surface area contributed by atoms with Crippen molar-refractivity contribution in [3.05, 3.63) is 59.1 Å². The van der Waals surface area contributed by atoms with E-state index < -0.39 is 11.9 Å². The van der Waals surface area contributed by atoms with Crippen LogP contribution >= 0.6 is 23.8 Å². The molecule has 32 heavy (non-hydrogen) atoms. The number of hydrogen-bond acceptors (Lipinski definition) is 5. The number of rotatable bonds is 10. The predicted molar refractivity (Wildman–Crippen MR) is 130 cm³/mol. The van der Waals surface area contributed by atoms with Crippen LogP contribution in [-0.2, 0) is 25.5 Å². The summed E-state index contributed by atoms with van der Waals surface area (Å²) in [6.45, 7) is 2.17. The van der Waals surface area contributed by atoms with Crippen LogP contribution in [0.5, 0.6) is 0 Å². The van der Waals surface area contributed by atoms with Gasteiger partial charge in [0, 0.05) is 24.9 Å². The van der Waals surface area contributed by atoms with Crippen molar-refractivity contribution < 1.29 is 19.1 Å². The van der Waals surface area contributed by atoms with Crippen molar-refractivity contribution in [2.24, 2.45) is 0 Å². The smallest absolute Gasteiger partial charge is 0.306 e. The second-order valence-electron chi connectivity index (χ2n) is 6.95. The first-order chi connectivity index (χ1) is 15.4. The van der Waals surface area contributed by atoms with Gasteiger partial charge in [0.05, 0.1) is 23.7 Å². The van der Waals surface area contributed by atoms with E-state index in [-0.39, 0.29) is 30.5 Å². The van der Waals surface area contributed by atoms with Crippen molar-refractivity contribution in [3.63, 3.8) is 0 Å². The lowest BCUT2D eigenvalue weighted by Gasteiger charge is -2.13. The standard InChI is InChI=1S/C23H26ClN3O4S/c1-2-6-20(28)25-17-9-10-18(24)19(15-17)26-23(32)27-21(29)11-12-22(30)31-14-13-16-7-4-3-5-8-16/h3-5,7-10,15H,2,6,11-14H2,1H3,(H,25,28)(H2,26,27,29,32). The Morgan fingerprint density at radius 1 is 0.969 bits per heavy atom. The molecule has 2 aromatic rings. The molecule has 0 aliphatic heterocycles. The van der Waals surface area contributed by atoms with Crippen LogP contribution in [0.4, 0.5) is 11.4 Å². The summed E-state index contributed by atoms with van der Waals surface area (Å²) in [5.41, 5.74) is 2.07. The van der Waals surface area contributed by atoms with Crippen molar-refractivity contribution in [2.45, 2.75) is 39.0 Å². The van der Waals surface area contributed by atoms with E-state index in [1.165, 1.54) is 0 Å². The fraction of sp³-hybridized carbons (Fsp3) is 0.304. The number of halogens is 1. The van der Waals surface area contributed by atoms with Crippen LogP contribution in [0.3, 0.4) is 0 Å². The molecule has 0 aliphatic rings. The highest BCUT2D eigenvalue weighted by Crippen LogP contribution is 2.25. The Labute approximate surface area is 197 Å². The van der Waals surface area contributed by atoms with E-state index >= 15 is 0 Å². The number of anilines is 2. The van der Waals surface area contributed by atoms with Gasteiger partial charge in [-0.15, -0.1) is 0 Å². The average Bonchev–Trinajstić information content (AvgIpc) is 2.75. The van der Waals surface area contributed by atoms with Gasteiger partial charge < -0.3 is 20.7 Å². The second-order valence-corrected chi connectivity index (χ2v) is 7.77. The van der Waals surface area contributed by atoms with Gasteiger partial charge in [-0.3, -0.25) is 14.4 Å². The maximum atomic E-state index is 12.1. The Bertz CT molecular complexity index is 954. The number of hydrogen-bond donors (Lipinski definition) is 3. The molecule has 170 valence electrons. The molecule has 0 unspecified atom stereocenters. The molecule has 0 radical (unpaired) electrons. The predicted octanol–water partition coefficient (Wildman–Crippen LogP) is 4.46. The highest BCUT2D eigenvalue weighted by atomic mass is 35.5. The topological polar surface area (TPSA) is 96.5 Å². The molecule has 0 aliphatic carbocycles. The van der Waals surface area contributed by atoms with E-state index in [1.807, 2.05) is 37.3 Å². The molecule has 9 heteroatoms. The first kappa shape index (κ1) is 25.3. The van der Waals surface area contributed by atoms with Crippen molar-refractivity contribution in [1.29, 1.82) is 0 Å². The van der Waals surface area contributed by atoms with E-state index in [0.717, 1.165) is 12.0 Å². The fourth-order valence-electron chi connectivity index (χ4n) is 2.71. The third-order valence-electron chi connectivity index (χ3n) is 4.28.